The molecule has 0 bridgehead atoms. The molecule has 0 spiro atoms. The van der Waals surface area contributed by atoms with E-state index in [-0.39, 0.29) is 188 Å². The van der Waals surface area contributed by atoms with Gasteiger partial charge in [-0.05, 0) is 92.7 Å². The van der Waals surface area contributed by atoms with Crippen LogP contribution in [0.1, 0.15) is 42.3 Å². The molecule has 1 aromatic heterocycles. The van der Waals surface area contributed by atoms with Crippen molar-refractivity contribution in [3.05, 3.63) is 104 Å². The number of aromatic nitrogens is 1. The van der Waals surface area contributed by atoms with Crippen molar-refractivity contribution in [3.63, 3.8) is 0 Å². The number of hydrogen-bond acceptors (Lipinski definition) is 12. The zero-order valence-corrected chi connectivity index (χ0v) is 39.0. The average Bonchev–Trinajstić information content (AvgIpc) is 2.95. The number of Topliss-reactive ketones (excluding diaryl/α,β-unsaturated/α-hetero) is 2. The molecule has 3 aromatic rings. The van der Waals surface area contributed by atoms with Crippen LogP contribution in [0.2, 0.25) is 0 Å². The van der Waals surface area contributed by atoms with Gasteiger partial charge in [0, 0.05) is 11.3 Å². The number of allylic oxidation sites excluding steroid dienone is 2. The number of imide groups is 1. The van der Waals surface area contributed by atoms with Crippen molar-refractivity contribution >= 4 is 55.4 Å². The van der Waals surface area contributed by atoms with E-state index in [1.807, 2.05) is 0 Å². The fraction of sp³-hybridized carbons (Fsp3) is 0.129. The van der Waals surface area contributed by atoms with E-state index in [0.717, 1.165) is 62.4 Å². The van der Waals surface area contributed by atoms with Crippen molar-refractivity contribution in [3.8, 4) is 11.6 Å². The summed E-state index contributed by atoms with van der Waals surface area (Å²) in [5, 5.41) is 13.6. The minimum absolute atomic E-state index is 0. The number of anilines is 1. The minimum Gasteiger partial charge on any atom is -0.859 e. The van der Waals surface area contributed by atoms with Gasteiger partial charge >= 0.3 is 154 Å². The molecule has 2 aromatic carbocycles. The molecule has 0 saturated heterocycles. The zero-order chi connectivity index (χ0) is 35.2. The predicted molar refractivity (Wildman–Crippen MR) is 162 cm³/mol. The largest absolute Gasteiger partial charge is 1.00 e. The molecular weight excluding hydrogens is 774 g/mol. The van der Waals surface area contributed by atoms with E-state index in [0.29, 0.717) is 9.47 Å². The molecule has 4 rings (SSSR count). The van der Waals surface area contributed by atoms with E-state index in [1.54, 1.807) is 0 Å². The number of benzene rings is 2. The standard InChI is InChI=1S/C31H26N2O12S2.3K/c1-16-24(28(36)32(30(38)26(16)18(3)34)20-8-5-10-22(14-20)46(40,41)42)12-7-13-25-17(2)27(19(4)35)31(39)33(29(25)37)21-9-6-11-23(15-21)47(43,44)45;;;/h5-15,36H,1-4H3,(H,40,41,42)(H,43,44,45);;;/q;3*+1/p-3/b12-7?,25-13-;;;. The summed E-state index contributed by atoms with van der Waals surface area (Å²) in [5.41, 5.74) is -3.09. The molecule has 0 unspecified atom stereocenters. The van der Waals surface area contributed by atoms with Crippen LogP contribution in [0.3, 0.4) is 0 Å². The summed E-state index contributed by atoms with van der Waals surface area (Å²) in [6.07, 6.45) is 3.45. The molecule has 1 aliphatic rings. The molecule has 0 N–H and O–H groups in total. The van der Waals surface area contributed by atoms with E-state index < -0.39 is 76.0 Å². The van der Waals surface area contributed by atoms with Gasteiger partial charge in [-0.1, -0.05) is 24.3 Å². The van der Waals surface area contributed by atoms with E-state index in [1.165, 1.54) is 32.1 Å². The molecule has 50 heavy (non-hydrogen) atoms. The molecule has 1 aliphatic heterocycles. The summed E-state index contributed by atoms with van der Waals surface area (Å²) in [5.74, 6) is -4.55. The first-order valence-corrected chi connectivity index (χ1v) is 16.2. The summed E-state index contributed by atoms with van der Waals surface area (Å²) >= 11 is 0. The Kier molecular flexibility index (Phi) is 17.9. The molecule has 2 amide bonds. The summed E-state index contributed by atoms with van der Waals surface area (Å²) in [7, 11) is -9.96. The quantitative estimate of drug-likeness (QED) is 0.0517. The van der Waals surface area contributed by atoms with Crippen molar-refractivity contribution < 1.29 is 204 Å². The third-order valence-corrected chi connectivity index (χ3v) is 8.88. The van der Waals surface area contributed by atoms with Crippen LogP contribution in [0.25, 0.3) is 11.8 Å². The number of pyridine rings is 1. The van der Waals surface area contributed by atoms with Gasteiger partial charge in [-0.2, -0.15) is 0 Å². The normalized spacial score (nSPS) is 14.3. The number of rotatable bonds is 8. The Balaban J connectivity index is 0.00000417. The molecule has 19 heteroatoms. The first-order chi connectivity index (χ1) is 21.8. The van der Waals surface area contributed by atoms with E-state index in [9.17, 15) is 55.0 Å². The second-order valence-electron chi connectivity index (χ2n) is 10.3. The maximum atomic E-state index is 13.6. The van der Waals surface area contributed by atoms with Crippen LogP contribution in [0.4, 0.5) is 5.69 Å². The fourth-order valence-corrected chi connectivity index (χ4v) is 6.07. The number of nitrogens with zero attached hydrogens (tertiary/aromatic N) is 2. The van der Waals surface area contributed by atoms with Crippen LogP contribution in [-0.2, 0) is 34.6 Å². The van der Waals surface area contributed by atoms with Gasteiger partial charge < -0.3 is 14.2 Å². The molecule has 0 fully saturated rings. The van der Waals surface area contributed by atoms with Crippen molar-refractivity contribution in [2.75, 3.05) is 4.90 Å². The monoisotopic (exact) mass is 796 g/mol. The maximum absolute atomic E-state index is 13.6. The van der Waals surface area contributed by atoms with Crippen LogP contribution >= 0.6 is 0 Å². The van der Waals surface area contributed by atoms with Gasteiger partial charge in [0.25, 0.3) is 17.4 Å². The third-order valence-electron chi connectivity index (χ3n) is 7.22. The van der Waals surface area contributed by atoms with Crippen molar-refractivity contribution in [2.24, 2.45) is 0 Å². The molecule has 0 radical (unpaired) electrons. The van der Waals surface area contributed by atoms with Crippen LogP contribution in [0.5, 0.6) is 5.88 Å². The van der Waals surface area contributed by atoms with Crippen LogP contribution in [0, 0.1) is 6.92 Å². The Bertz CT molecular complexity index is 2310. The molecule has 0 atom stereocenters. The van der Waals surface area contributed by atoms with Gasteiger partial charge in [0.1, 0.15) is 20.2 Å². The minimum atomic E-state index is -4.98. The second kappa shape index (κ2) is 18.8. The van der Waals surface area contributed by atoms with E-state index in [2.05, 4.69) is 0 Å². The van der Waals surface area contributed by atoms with Crippen LogP contribution < -0.4 is 170 Å². The predicted octanol–water partition coefficient (Wildman–Crippen LogP) is -7.34. The van der Waals surface area contributed by atoms with Crippen molar-refractivity contribution in [1.29, 1.82) is 0 Å². The van der Waals surface area contributed by atoms with Gasteiger partial charge in [-0.25, -0.2) is 21.7 Å². The van der Waals surface area contributed by atoms with E-state index in [4.69, 9.17) is 0 Å². The van der Waals surface area contributed by atoms with Gasteiger partial charge in [0.15, 0.2) is 11.6 Å². The Morgan fingerprint density at radius 2 is 1.26 bits per heavy atom. The first kappa shape index (κ1) is 47.6. The van der Waals surface area contributed by atoms with Crippen LogP contribution in [-0.4, -0.2) is 53.9 Å². The first-order valence-electron chi connectivity index (χ1n) is 13.4. The summed E-state index contributed by atoms with van der Waals surface area (Å²) < 4.78 is 70.0. The number of carbonyl (C=O) groups is 4. The van der Waals surface area contributed by atoms with Crippen LogP contribution in [0.15, 0.2) is 92.0 Å². The maximum Gasteiger partial charge on any atom is 1.00 e. The van der Waals surface area contributed by atoms with Crippen molar-refractivity contribution in [2.45, 2.75) is 37.5 Å². The second-order valence-corrected chi connectivity index (χ2v) is 13.0. The fourth-order valence-electron chi connectivity index (χ4n) is 5.05. The summed E-state index contributed by atoms with van der Waals surface area (Å²) in [6.45, 7) is 4.78. The Morgan fingerprint density at radius 1 is 0.760 bits per heavy atom. The molecule has 14 nitrogen and oxygen atoms in total. The number of amides is 2. The average molecular weight is 797 g/mol. The number of hydrogen-bond donors (Lipinski definition) is 0. The zero-order valence-electron chi connectivity index (χ0n) is 28.0. The third kappa shape index (κ3) is 10.0. The molecule has 0 saturated carbocycles. The topological polar surface area (TPSA) is 231 Å². The number of carbonyl (C=O) groups excluding carboxylic acids is 4. The molecule has 2 heterocycles. The smallest absolute Gasteiger partial charge is 0.859 e. The SMILES string of the molecule is CC(=O)C1=C(C)/C(=C/C=Cc2c(C)c(C(C)=O)c(=O)n(-c3cccc(S(=O)(=O)[O-])c3)c2[O-])C(=O)N(c2cccc(S(=O)(=O)[O-])c2)C1=O.[K+].[K+].[K+]. The molecular formula is C31H23K3N2O12S2. The number of ketones is 2. The molecule has 0 aliphatic carbocycles. The molecule has 244 valence electrons. The van der Waals surface area contributed by atoms with Gasteiger partial charge in [0.2, 0.25) is 0 Å². The summed E-state index contributed by atoms with van der Waals surface area (Å²) in [4.78, 5) is 64.1. The van der Waals surface area contributed by atoms with Gasteiger partial charge in [-0.3, -0.25) is 28.5 Å². The van der Waals surface area contributed by atoms with Gasteiger partial charge in [0.05, 0.1) is 26.6 Å². The Labute approximate surface area is 414 Å². The Morgan fingerprint density at radius 3 is 1.74 bits per heavy atom. The van der Waals surface area contributed by atoms with E-state index >= 15 is 0 Å². The van der Waals surface area contributed by atoms with Gasteiger partial charge in [-0.15, -0.1) is 0 Å². The summed E-state index contributed by atoms with van der Waals surface area (Å²) in [6, 6.07) is 8.16. The Hall–Kier alpha value is -0.381. The van der Waals surface area contributed by atoms with Crippen molar-refractivity contribution in [1.82, 2.24) is 4.57 Å².